The highest BCUT2D eigenvalue weighted by molar-refractivity contribution is 5.29. The molecule has 1 saturated heterocycles. The first kappa shape index (κ1) is 11.8. The van der Waals surface area contributed by atoms with Crippen LogP contribution >= 0.6 is 0 Å². The Labute approximate surface area is 109 Å². The molecular formula is C11H14N6O2. The summed E-state index contributed by atoms with van der Waals surface area (Å²) in [4.78, 5) is 12.6. The Morgan fingerprint density at radius 3 is 3.05 bits per heavy atom. The molecule has 0 aliphatic carbocycles. The van der Waals surface area contributed by atoms with Gasteiger partial charge in [0.2, 0.25) is 5.95 Å². The lowest BCUT2D eigenvalue weighted by Gasteiger charge is -2.11. The number of nitrogens with zero attached hydrogens (tertiary/aromatic N) is 5. The van der Waals surface area contributed by atoms with Crippen molar-refractivity contribution in [2.75, 3.05) is 25.6 Å². The van der Waals surface area contributed by atoms with Crippen LogP contribution in [0.2, 0.25) is 0 Å². The van der Waals surface area contributed by atoms with E-state index in [-0.39, 0.29) is 12.1 Å². The molecule has 3 rings (SSSR count). The standard InChI is InChI=1S/C11H14N6O2/c1-12-9-14-10(17-5-2-4-13-17)16-11(15-9)19-8-3-6-18-7-8/h2,4-5,8H,3,6-7H2,1H3,(H,12,14,15,16). The highest BCUT2D eigenvalue weighted by Gasteiger charge is 2.19. The predicted octanol–water partition coefficient (Wildman–Crippen LogP) is 0.267. The first-order valence-corrected chi connectivity index (χ1v) is 6.03. The smallest absolute Gasteiger partial charge is 0.323 e. The van der Waals surface area contributed by atoms with Gasteiger partial charge in [-0.15, -0.1) is 0 Å². The number of nitrogens with one attached hydrogen (secondary N) is 1. The van der Waals surface area contributed by atoms with Gasteiger partial charge in [-0.1, -0.05) is 0 Å². The number of rotatable bonds is 4. The summed E-state index contributed by atoms with van der Waals surface area (Å²) in [6.07, 6.45) is 4.26. The lowest BCUT2D eigenvalue weighted by molar-refractivity contribution is 0.134. The molecule has 100 valence electrons. The van der Waals surface area contributed by atoms with Crippen LogP contribution in [0.5, 0.6) is 6.01 Å². The molecule has 1 aliphatic rings. The van der Waals surface area contributed by atoms with Crippen molar-refractivity contribution in [1.29, 1.82) is 0 Å². The van der Waals surface area contributed by atoms with E-state index in [9.17, 15) is 0 Å². The van der Waals surface area contributed by atoms with Crippen molar-refractivity contribution >= 4 is 5.95 Å². The molecule has 3 heterocycles. The molecule has 1 N–H and O–H groups in total. The fourth-order valence-electron chi connectivity index (χ4n) is 1.75. The lowest BCUT2D eigenvalue weighted by atomic mass is 10.3. The van der Waals surface area contributed by atoms with Crippen molar-refractivity contribution in [1.82, 2.24) is 24.7 Å². The van der Waals surface area contributed by atoms with E-state index >= 15 is 0 Å². The minimum absolute atomic E-state index is 0.00224. The third kappa shape index (κ3) is 2.63. The molecule has 8 nitrogen and oxygen atoms in total. The van der Waals surface area contributed by atoms with E-state index in [0.717, 1.165) is 6.42 Å². The van der Waals surface area contributed by atoms with Crippen molar-refractivity contribution < 1.29 is 9.47 Å². The van der Waals surface area contributed by atoms with Crippen LogP contribution in [0, 0.1) is 0 Å². The average Bonchev–Trinajstić information content (AvgIpc) is 3.11. The Balaban J connectivity index is 1.88. The molecule has 1 fully saturated rings. The Kier molecular flexibility index (Phi) is 3.23. The minimum atomic E-state index is -0.00224. The minimum Gasteiger partial charge on any atom is -0.457 e. The maximum Gasteiger partial charge on any atom is 0.323 e. The fraction of sp³-hybridized carbons (Fsp3) is 0.455. The van der Waals surface area contributed by atoms with E-state index in [4.69, 9.17) is 9.47 Å². The topological polar surface area (TPSA) is 87.0 Å². The van der Waals surface area contributed by atoms with Gasteiger partial charge in [0.25, 0.3) is 5.95 Å². The summed E-state index contributed by atoms with van der Waals surface area (Å²) in [5, 5.41) is 6.97. The molecule has 2 aromatic rings. The predicted molar refractivity (Wildman–Crippen MR) is 66.3 cm³/mol. The molecule has 2 aromatic heterocycles. The molecule has 0 spiro atoms. The van der Waals surface area contributed by atoms with Gasteiger partial charge in [-0.25, -0.2) is 4.68 Å². The monoisotopic (exact) mass is 262 g/mol. The van der Waals surface area contributed by atoms with Gasteiger partial charge >= 0.3 is 6.01 Å². The SMILES string of the molecule is CNc1nc(OC2CCOC2)nc(-n2cccn2)n1. The molecule has 1 atom stereocenters. The molecule has 0 radical (unpaired) electrons. The van der Waals surface area contributed by atoms with Gasteiger partial charge in [-0.3, -0.25) is 0 Å². The fourth-order valence-corrected chi connectivity index (χ4v) is 1.75. The Morgan fingerprint density at radius 2 is 2.37 bits per heavy atom. The Hall–Kier alpha value is -2.22. The third-order valence-electron chi connectivity index (χ3n) is 2.70. The molecule has 0 amide bonds. The molecule has 1 aliphatic heterocycles. The van der Waals surface area contributed by atoms with Crippen molar-refractivity contribution in [3.8, 4) is 12.0 Å². The molecule has 0 aromatic carbocycles. The first-order chi connectivity index (χ1) is 9.35. The van der Waals surface area contributed by atoms with Crippen LogP contribution in [0.4, 0.5) is 5.95 Å². The lowest BCUT2D eigenvalue weighted by Crippen LogP contribution is -2.19. The maximum atomic E-state index is 5.69. The summed E-state index contributed by atoms with van der Waals surface area (Å²) < 4.78 is 12.5. The molecule has 0 saturated carbocycles. The Bertz CT molecular complexity index is 538. The Morgan fingerprint density at radius 1 is 1.42 bits per heavy atom. The van der Waals surface area contributed by atoms with Crippen molar-refractivity contribution in [2.24, 2.45) is 0 Å². The van der Waals surface area contributed by atoms with Crippen molar-refractivity contribution in [3.63, 3.8) is 0 Å². The van der Waals surface area contributed by atoms with Crippen LogP contribution in [0.3, 0.4) is 0 Å². The van der Waals surface area contributed by atoms with Gasteiger partial charge in [-0.05, 0) is 6.07 Å². The van der Waals surface area contributed by atoms with Crippen LogP contribution in [0.15, 0.2) is 18.5 Å². The number of aromatic nitrogens is 5. The number of ether oxygens (including phenoxy) is 2. The highest BCUT2D eigenvalue weighted by atomic mass is 16.6. The molecule has 19 heavy (non-hydrogen) atoms. The summed E-state index contributed by atoms with van der Waals surface area (Å²) in [6.45, 7) is 1.28. The van der Waals surface area contributed by atoms with Gasteiger partial charge < -0.3 is 14.8 Å². The third-order valence-corrected chi connectivity index (χ3v) is 2.70. The van der Waals surface area contributed by atoms with E-state index in [1.165, 1.54) is 0 Å². The zero-order valence-corrected chi connectivity index (χ0v) is 10.5. The van der Waals surface area contributed by atoms with E-state index in [0.29, 0.717) is 25.1 Å². The van der Waals surface area contributed by atoms with Crippen LogP contribution < -0.4 is 10.1 Å². The van der Waals surface area contributed by atoms with E-state index in [2.05, 4.69) is 25.4 Å². The van der Waals surface area contributed by atoms with Crippen LogP contribution in [-0.2, 0) is 4.74 Å². The number of anilines is 1. The van der Waals surface area contributed by atoms with E-state index < -0.39 is 0 Å². The van der Waals surface area contributed by atoms with E-state index in [1.807, 2.05) is 0 Å². The maximum absolute atomic E-state index is 5.69. The summed E-state index contributed by atoms with van der Waals surface area (Å²) in [7, 11) is 1.74. The van der Waals surface area contributed by atoms with Gasteiger partial charge in [0, 0.05) is 25.9 Å². The quantitative estimate of drug-likeness (QED) is 0.846. The van der Waals surface area contributed by atoms with Crippen LogP contribution in [-0.4, -0.2) is 51.1 Å². The second kappa shape index (κ2) is 5.19. The van der Waals surface area contributed by atoms with Gasteiger partial charge in [0.05, 0.1) is 13.2 Å². The number of hydrogen-bond donors (Lipinski definition) is 1. The molecule has 1 unspecified atom stereocenters. The second-order valence-electron chi connectivity index (χ2n) is 4.05. The zero-order chi connectivity index (χ0) is 13.1. The molecular weight excluding hydrogens is 248 g/mol. The van der Waals surface area contributed by atoms with Gasteiger partial charge in [-0.2, -0.15) is 20.1 Å². The normalized spacial score (nSPS) is 18.5. The van der Waals surface area contributed by atoms with E-state index in [1.54, 1.807) is 30.2 Å². The summed E-state index contributed by atoms with van der Waals surface area (Å²) in [5.74, 6) is 0.854. The molecule has 0 bridgehead atoms. The first-order valence-electron chi connectivity index (χ1n) is 6.03. The van der Waals surface area contributed by atoms with Crippen LogP contribution in [0.25, 0.3) is 5.95 Å². The average molecular weight is 262 g/mol. The largest absolute Gasteiger partial charge is 0.457 e. The second-order valence-corrected chi connectivity index (χ2v) is 4.05. The number of hydrogen-bond acceptors (Lipinski definition) is 7. The van der Waals surface area contributed by atoms with Crippen molar-refractivity contribution in [3.05, 3.63) is 18.5 Å². The van der Waals surface area contributed by atoms with Crippen LogP contribution in [0.1, 0.15) is 6.42 Å². The summed E-state index contributed by atoms with van der Waals surface area (Å²) in [5.41, 5.74) is 0. The van der Waals surface area contributed by atoms with Crippen molar-refractivity contribution in [2.45, 2.75) is 12.5 Å². The molecule has 8 heteroatoms. The van der Waals surface area contributed by atoms with Gasteiger partial charge in [0.1, 0.15) is 6.10 Å². The zero-order valence-electron chi connectivity index (χ0n) is 10.5. The van der Waals surface area contributed by atoms with Gasteiger partial charge in [0.15, 0.2) is 0 Å². The highest BCUT2D eigenvalue weighted by Crippen LogP contribution is 2.15. The summed E-state index contributed by atoms with van der Waals surface area (Å²) >= 11 is 0. The summed E-state index contributed by atoms with van der Waals surface area (Å²) in [6, 6.07) is 2.08.